The molecule has 1 unspecified atom stereocenters. The highest BCUT2D eigenvalue weighted by atomic mass is 16.6. The summed E-state index contributed by atoms with van der Waals surface area (Å²) in [5.41, 5.74) is 0.979. The molecule has 0 radical (unpaired) electrons. The van der Waals surface area contributed by atoms with Gasteiger partial charge in [-0.05, 0) is 12.0 Å². The molecular weight excluding hydrogens is 374 g/mol. The Bertz CT molecular complexity index is 793. The second-order valence-electron chi connectivity index (χ2n) is 7.70. The van der Waals surface area contributed by atoms with Crippen LogP contribution in [0.2, 0.25) is 0 Å². The highest BCUT2D eigenvalue weighted by molar-refractivity contribution is 6.00. The van der Waals surface area contributed by atoms with Gasteiger partial charge in [0.05, 0.1) is 35.5 Å². The zero-order valence-electron chi connectivity index (χ0n) is 16.9. The van der Waals surface area contributed by atoms with E-state index < -0.39 is 4.92 Å². The van der Waals surface area contributed by atoms with Crippen LogP contribution >= 0.6 is 0 Å². The number of benzene rings is 1. The van der Waals surface area contributed by atoms with Crippen LogP contribution < -0.4 is 4.90 Å². The summed E-state index contributed by atoms with van der Waals surface area (Å²) in [6, 6.07) is 6.66. The van der Waals surface area contributed by atoms with E-state index in [0.717, 1.165) is 0 Å². The third-order valence-electron chi connectivity index (χ3n) is 5.53. The van der Waals surface area contributed by atoms with Gasteiger partial charge in [-0.25, -0.2) is 0 Å². The summed E-state index contributed by atoms with van der Waals surface area (Å²) in [5, 5.41) is 20.7. The van der Waals surface area contributed by atoms with Crippen molar-refractivity contribution in [1.29, 1.82) is 5.26 Å². The smallest absolute Gasteiger partial charge is 0.270 e. The molecule has 0 spiro atoms. The third-order valence-corrected chi connectivity index (χ3v) is 5.53. The van der Waals surface area contributed by atoms with Crippen molar-refractivity contribution in [1.82, 2.24) is 9.80 Å². The highest BCUT2D eigenvalue weighted by Gasteiger charge is 2.30. The van der Waals surface area contributed by atoms with Crippen molar-refractivity contribution in [2.45, 2.75) is 19.9 Å². The number of nitro groups is 1. The summed E-state index contributed by atoms with van der Waals surface area (Å²) in [6.07, 6.45) is 0. The molecule has 0 aromatic heterocycles. The van der Waals surface area contributed by atoms with Crippen molar-refractivity contribution in [2.75, 3.05) is 57.4 Å². The average Bonchev–Trinajstić information content (AvgIpc) is 2.74. The monoisotopic (exact) mass is 401 g/mol. The number of carbonyl (C=O) groups excluding carboxylic acids is 1. The molecule has 0 N–H and O–H groups in total. The molecule has 0 aliphatic carbocycles. The summed E-state index contributed by atoms with van der Waals surface area (Å²) in [7, 11) is 0. The first-order valence-electron chi connectivity index (χ1n) is 9.96. The van der Waals surface area contributed by atoms with Gasteiger partial charge in [0, 0.05) is 51.4 Å². The molecule has 9 nitrogen and oxygen atoms in total. The second-order valence-corrected chi connectivity index (χ2v) is 7.70. The van der Waals surface area contributed by atoms with Gasteiger partial charge in [-0.1, -0.05) is 13.8 Å². The van der Waals surface area contributed by atoms with Crippen LogP contribution in [0.15, 0.2) is 18.2 Å². The van der Waals surface area contributed by atoms with Gasteiger partial charge < -0.3 is 14.5 Å². The van der Waals surface area contributed by atoms with E-state index in [1.54, 1.807) is 11.0 Å². The Morgan fingerprint density at radius 3 is 2.38 bits per heavy atom. The molecule has 2 fully saturated rings. The number of nitrogens with zero attached hydrogens (tertiary/aromatic N) is 5. The molecule has 1 atom stereocenters. The number of rotatable bonds is 5. The maximum absolute atomic E-state index is 13.3. The van der Waals surface area contributed by atoms with Crippen molar-refractivity contribution in [3.63, 3.8) is 0 Å². The van der Waals surface area contributed by atoms with Crippen LogP contribution in [0.4, 0.5) is 11.4 Å². The fraction of sp³-hybridized carbons (Fsp3) is 0.600. The van der Waals surface area contributed by atoms with Crippen LogP contribution in [0.3, 0.4) is 0 Å². The van der Waals surface area contributed by atoms with Crippen molar-refractivity contribution in [3.05, 3.63) is 33.9 Å². The van der Waals surface area contributed by atoms with Gasteiger partial charge in [-0.15, -0.1) is 0 Å². The highest BCUT2D eigenvalue weighted by Crippen LogP contribution is 2.28. The fourth-order valence-corrected chi connectivity index (χ4v) is 3.91. The minimum absolute atomic E-state index is 0.0895. The minimum atomic E-state index is -0.474. The van der Waals surface area contributed by atoms with E-state index in [1.165, 1.54) is 12.1 Å². The number of carbonyl (C=O) groups is 1. The average molecular weight is 401 g/mol. The van der Waals surface area contributed by atoms with Crippen LogP contribution in [-0.4, -0.2) is 79.2 Å². The van der Waals surface area contributed by atoms with Crippen molar-refractivity contribution < 1.29 is 14.5 Å². The number of piperazine rings is 1. The van der Waals surface area contributed by atoms with E-state index in [4.69, 9.17) is 4.74 Å². The third kappa shape index (κ3) is 4.66. The summed E-state index contributed by atoms with van der Waals surface area (Å²) in [6.45, 7) is 8.67. The maximum Gasteiger partial charge on any atom is 0.270 e. The zero-order chi connectivity index (χ0) is 21.0. The zero-order valence-corrected chi connectivity index (χ0v) is 16.9. The topological polar surface area (TPSA) is 103 Å². The molecule has 156 valence electrons. The van der Waals surface area contributed by atoms with Gasteiger partial charge in [0.15, 0.2) is 0 Å². The first-order valence-corrected chi connectivity index (χ1v) is 9.96. The number of amides is 1. The Morgan fingerprint density at radius 2 is 1.83 bits per heavy atom. The standard InChI is InChI=1S/C20H27N5O4/c1-15(2)19(14-21)22-5-7-24(8-6-22)20(26)17-13-16(25(27)28)3-4-18(17)23-9-11-29-12-10-23/h3-4,13,15,19H,5-12H2,1-2H3. The fourth-order valence-electron chi connectivity index (χ4n) is 3.91. The lowest BCUT2D eigenvalue weighted by molar-refractivity contribution is -0.384. The summed E-state index contributed by atoms with van der Waals surface area (Å²) >= 11 is 0. The summed E-state index contributed by atoms with van der Waals surface area (Å²) < 4.78 is 5.39. The number of anilines is 1. The van der Waals surface area contributed by atoms with Gasteiger partial charge in [0.2, 0.25) is 0 Å². The van der Waals surface area contributed by atoms with E-state index in [0.29, 0.717) is 63.7 Å². The molecule has 2 aliphatic heterocycles. The second kappa shape index (κ2) is 9.20. The number of hydrogen-bond acceptors (Lipinski definition) is 7. The molecular formula is C20H27N5O4. The van der Waals surface area contributed by atoms with Gasteiger partial charge in [0.1, 0.15) is 6.04 Å². The predicted octanol–water partition coefficient (Wildman–Crippen LogP) is 1.74. The number of nitro benzene ring substituents is 1. The van der Waals surface area contributed by atoms with Crippen LogP contribution in [0.1, 0.15) is 24.2 Å². The van der Waals surface area contributed by atoms with Crippen molar-refractivity contribution in [2.24, 2.45) is 5.92 Å². The van der Waals surface area contributed by atoms with E-state index >= 15 is 0 Å². The minimum Gasteiger partial charge on any atom is -0.378 e. The molecule has 1 amide bonds. The number of hydrogen-bond donors (Lipinski definition) is 0. The Labute approximate surface area is 170 Å². The first-order chi connectivity index (χ1) is 13.9. The molecule has 2 saturated heterocycles. The van der Waals surface area contributed by atoms with E-state index in [-0.39, 0.29) is 23.6 Å². The van der Waals surface area contributed by atoms with E-state index in [9.17, 15) is 20.2 Å². The van der Waals surface area contributed by atoms with Crippen molar-refractivity contribution >= 4 is 17.3 Å². The molecule has 9 heteroatoms. The van der Waals surface area contributed by atoms with Crippen LogP contribution in [0.5, 0.6) is 0 Å². The lowest BCUT2D eigenvalue weighted by Crippen LogP contribution is -2.53. The largest absolute Gasteiger partial charge is 0.378 e. The molecule has 0 bridgehead atoms. The normalized spacial score (nSPS) is 19.1. The Hall–Kier alpha value is -2.70. The number of ether oxygens (including phenoxy) is 1. The SMILES string of the molecule is CC(C)C(C#N)N1CCN(C(=O)c2cc([N+](=O)[O-])ccc2N2CCOCC2)CC1. The molecule has 29 heavy (non-hydrogen) atoms. The lowest BCUT2D eigenvalue weighted by Gasteiger charge is -2.38. The van der Waals surface area contributed by atoms with E-state index in [1.807, 2.05) is 18.7 Å². The van der Waals surface area contributed by atoms with Crippen LogP contribution in [-0.2, 0) is 4.74 Å². The molecule has 3 rings (SSSR count). The number of morpholine rings is 1. The number of non-ortho nitro benzene ring substituents is 1. The predicted molar refractivity (Wildman–Crippen MR) is 108 cm³/mol. The van der Waals surface area contributed by atoms with Gasteiger partial charge in [-0.3, -0.25) is 19.8 Å². The van der Waals surface area contributed by atoms with Gasteiger partial charge in [0.25, 0.3) is 11.6 Å². The maximum atomic E-state index is 13.3. The molecule has 1 aromatic carbocycles. The molecule has 0 saturated carbocycles. The van der Waals surface area contributed by atoms with Crippen LogP contribution in [0.25, 0.3) is 0 Å². The first kappa shape index (κ1) is 21.0. The van der Waals surface area contributed by atoms with Gasteiger partial charge in [-0.2, -0.15) is 5.26 Å². The van der Waals surface area contributed by atoms with Gasteiger partial charge >= 0.3 is 0 Å². The van der Waals surface area contributed by atoms with Crippen LogP contribution in [0, 0.1) is 27.4 Å². The van der Waals surface area contributed by atoms with E-state index in [2.05, 4.69) is 11.0 Å². The van der Waals surface area contributed by atoms with Crippen molar-refractivity contribution in [3.8, 4) is 6.07 Å². The molecule has 2 aliphatic rings. The Morgan fingerprint density at radius 1 is 1.17 bits per heavy atom. The Balaban J connectivity index is 1.80. The quantitative estimate of drug-likeness (QED) is 0.547. The summed E-state index contributed by atoms with van der Waals surface area (Å²) in [4.78, 5) is 29.9. The Kier molecular flexibility index (Phi) is 6.67. The number of nitriles is 1. The lowest BCUT2D eigenvalue weighted by atomic mass is 10.0. The molecule has 1 aromatic rings. The molecule has 2 heterocycles. The summed E-state index contributed by atoms with van der Waals surface area (Å²) in [5.74, 6) is 0.0137.